The predicted molar refractivity (Wildman–Crippen MR) is 54.4 cm³/mol. The Kier molecular flexibility index (Phi) is 3.69. The van der Waals surface area contributed by atoms with Crippen LogP contribution in [0.3, 0.4) is 0 Å². The Bertz CT molecular complexity index is 295. The largest absolute Gasteiger partial charge is 0.423 e. The van der Waals surface area contributed by atoms with Gasteiger partial charge < -0.3 is 14.5 Å². The molecule has 1 fully saturated rings. The average Bonchev–Trinajstić information content (AvgIpc) is 2.76. The molecule has 2 rings (SSSR count). The Labute approximate surface area is 89.2 Å². The van der Waals surface area contributed by atoms with Crippen molar-refractivity contribution in [1.29, 1.82) is 0 Å². The number of rotatable bonds is 4. The second-order valence-corrected chi connectivity index (χ2v) is 3.72. The van der Waals surface area contributed by atoms with Gasteiger partial charge in [-0.25, -0.2) is 0 Å². The number of aryl methyl sites for hydroxylation is 1. The van der Waals surface area contributed by atoms with Crippen LogP contribution in [-0.4, -0.2) is 29.4 Å². The molecule has 1 aliphatic rings. The summed E-state index contributed by atoms with van der Waals surface area (Å²) >= 11 is 0. The third kappa shape index (κ3) is 3.00. The van der Waals surface area contributed by atoms with E-state index in [1.807, 2.05) is 6.92 Å². The highest BCUT2D eigenvalue weighted by Gasteiger charge is 2.14. The zero-order valence-electron chi connectivity index (χ0n) is 9.03. The summed E-state index contributed by atoms with van der Waals surface area (Å²) in [6.45, 7) is 4.44. The molecule has 1 saturated heterocycles. The van der Waals surface area contributed by atoms with Crippen molar-refractivity contribution in [1.82, 2.24) is 15.5 Å². The van der Waals surface area contributed by atoms with Gasteiger partial charge in [-0.3, -0.25) is 0 Å². The topological polar surface area (TPSA) is 60.2 Å². The Morgan fingerprint density at radius 1 is 1.47 bits per heavy atom. The number of hydrogen-bond acceptors (Lipinski definition) is 5. The molecule has 1 atom stereocenters. The highest BCUT2D eigenvalue weighted by Crippen LogP contribution is 2.09. The van der Waals surface area contributed by atoms with Crippen LogP contribution in [0.1, 0.15) is 31.5 Å². The first-order valence-corrected chi connectivity index (χ1v) is 5.52. The van der Waals surface area contributed by atoms with Crippen molar-refractivity contribution in [3.8, 4) is 0 Å². The summed E-state index contributed by atoms with van der Waals surface area (Å²) in [5, 5.41) is 11.1. The summed E-state index contributed by atoms with van der Waals surface area (Å²) in [6, 6.07) is 0. The van der Waals surface area contributed by atoms with Gasteiger partial charge in [0.15, 0.2) is 0 Å². The van der Waals surface area contributed by atoms with Crippen molar-refractivity contribution in [3.05, 3.63) is 11.8 Å². The summed E-state index contributed by atoms with van der Waals surface area (Å²) in [4.78, 5) is 0. The van der Waals surface area contributed by atoms with Crippen molar-refractivity contribution in [2.24, 2.45) is 0 Å². The molecule has 5 nitrogen and oxygen atoms in total. The van der Waals surface area contributed by atoms with E-state index in [1.54, 1.807) is 0 Å². The molecule has 0 saturated carbocycles. The van der Waals surface area contributed by atoms with Gasteiger partial charge >= 0.3 is 0 Å². The van der Waals surface area contributed by atoms with E-state index in [0.717, 1.165) is 25.9 Å². The number of nitrogens with one attached hydrogen (secondary N) is 1. The first-order valence-electron chi connectivity index (χ1n) is 5.52. The van der Waals surface area contributed by atoms with Gasteiger partial charge in [0.05, 0.1) is 6.10 Å². The molecule has 0 aliphatic carbocycles. The van der Waals surface area contributed by atoms with Crippen molar-refractivity contribution < 1.29 is 9.15 Å². The summed E-state index contributed by atoms with van der Waals surface area (Å²) in [7, 11) is 0. The van der Waals surface area contributed by atoms with Crippen LogP contribution >= 0.6 is 0 Å². The molecule has 1 aromatic rings. The van der Waals surface area contributed by atoms with Gasteiger partial charge in [0.25, 0.3) is 0 Å². The van der Waals surface area contributed by atoms with E-state index in [0.29, 0.717) is 18.4 Å². The van der Waals surface area contributed by atoms with Crippen molar-refractivity contribution >= 4 is 0 Å². The minimum Gasteiger partial charge on any atom is -0.423 e. The van der Waals surface area contributed by atoms with Crippen molar-refractivity contribution in [3.63, 3.8) is 0 Å². The fourth-order valence-electron chi connectivity index (χ4n) is 1.64. The molecule has 1 aromatic heterocycles. The van der Waals surface area contributed by atoms with Gasteiger partial charge in [-0.1, -0.05) is 6.92 Å². The lowest BCUT2D eigenvalue weighted by atomic mass is 10.1. The third-order valence-electron chi connectivity index (χ3n) is 2.51. The van der Waals surface area contributed by atoms with E-state index in [2.05, 4.69) is 15.5 Å². The number of hydrogen-bond donors (Lipinski definition) is 1. The molecule has 0 bridgehead atoms. The van der Waals surface area contributed by atoms with E-state index < -0.39 is 0 Å². The minimum atomic E-state index is 0.288. The molecular weight excluding hydrogens is 194 g/mol. The second kappa shape index (κ2) is 5.23. The van der Waals surface area contributed by atoms with E-state index in [-0.39, 0.29) is 6.10 Å². The van der Waals surface area contributed by atoms with Crippen molar-refractivity contribution in [2.75, 3.05) is 13.1 Å². The van der Waals surface area contributed by atoms with Crippen LogP contribution in [-0.2, 0) is 17.8 Å². The van der Waals surface area contributed by atoms with E-state index in [9.17, 15) is 0 Å². The van der Waals surface area contributed by atoms with Gasteiger partial charge in [-0.05, 0) is 19.4 Å². The number of nitrogens with zero attached hydrogens (tertiary/aromatic N) is 2. The minimum absolute atomic E-state index is 0.288. The van der Waals surface area contributed by atoms with Gasteiger partial charge in [0, 0.05) is 13.0 Å². The number of aromatic nitrogens is 2. The summed E-state index contributed by atoms with van der Waals surface area (Å²) in [5.41, 5.74) is 0. The predicted octanol–water partition coefficient (Wildman–Crippen LogP) is 0.901. The lowest BCUT2D eigenvalue weighted by molar-refractivity contribution is 0.0142. The summed E-state index contributed by atoms with van der Waals surface area (Å²) < 4.78 is 11.0. The normalized spacial score (nSPS) is 21.8. The lowest BCUT2D eigenvalue weighted by Crippen LogP contribution is -2.35. The van der Waals surface area contributed by atoms with Crippen LogP contribution in [0.15, 0.2) is 4.42 Å². The highest BCUT2D eigenvalue weighted by atomic mass is 16.5. The molecule has 0 radical (unpaired) electrons. The molecular formula is C10H17N3O2. The standard InChI is InChI=1S/C10H17N3O2/c1-2-9-12-13-10(15-9)7-14-8-4-3-5-11-6-8/h8,11H,2-7H2,1H3. The molecule has 5 heteroatoms. The maximum Gasteiger partial charge on any atom is 0.242 e. The van der Waals surface area contributed by atoms with Crippen LogP contribution in [0.2, 0.25) is 0 Å². The van der Waals surface area contributed by atoms with Gasteiger partial charge in [-0.2, -0.15) is 0 Å². The van der Waals surface area contributed by atoms with Crippen LogP contribution in [0.5, 0.6) is 0 Å². The summed E-state index contributed by atoms with van der Waals surface area (Å²) in [6.07, 6.45) is 3.35. The number of piperidine rings is 1. The fourth-order valence-corrected chi connectivity index (χ4v) is 1.64. The van der Waals surface area contributed by atoms with Gasteiger partial charge in [0.1, 0.15) is 6.61 Å². The Balaban J connectivity index is 1.76. The zero-order valence-corrected chi connectivity index (χ0v) is 9.03. The molecule has 0 spiro atoms. The molecule has 0 aromatic carbocycles. The molecule has 1 aliphatic heterocycles. The first-order chi connectivity index (χ1) is 7.38. The Morgan fingerprint density at radius 2 is 2.33 bits per heavy atom. The van der Waals surface area contributed by atoms with Crippen LogP contribution in [0, 0.1) is 0 Å². The first kappa shape index (κ1) is 10.6. The second-order valence-electron chi connectivity index (χ2n) is 3.72. The van der Waals surface area contributed by atoms with Crippen LogP contribution < -0.4 is 5.32 Å². The number of ether oxygens (including phenoxy) is 1. The quantitative estimate of drug-likeness (QED) is 0.801. The van der Waals surface area contributed by atoms with E-state index in [4.69, 9.17) is 9.15 Å². The van der Waals surface area contributed by atoms with Crippen LogP contribution in [0.25, 0.3) is 0 Å². The summed E-state index contributed by atoms with van der Waals surface area (Å²) in [5.74, 6) is 1.26. The zero-order chi connectivity index (χ0) is 10.5. The van der Waals surface area contributed by atoms with E-state index >= 15 is 0 Å². The van der Waals surface area contributed by atoms with Crippen LogP contribution in [0.4, 0.5) is 0 Å². The average molecular weight is 211 g/mol. The lowest BCUT2D eigenvalue weighted by Gasteiger charge is -2.22. The van der Waals surface area contributed by atoms with Gasteiger partial charge in [-0.15, -0.1) is 10.2 Å². The Morgan fingerprint density at radius 3 is 3.00 bits per heavy atom. The maximum atomic E-state index is 5.67. The molecule has 1 N–H and O–H groups in total. The maximum absolute atomic E-state index is 5.67. The smallest absolute Gasteiger partial charge is 0.242 e. The molecule has 2 heterocycles. The Hall–Kier alpha value is -0.940. The molecule has 84 valence electrons. The molecule has 1 unspecified atom stereocenters. The fraction of sp³-hybridized carbons (Fsp3) is 0.800. The van der Waals surface area contributed by atoms with Gasteiger partial charge in [0.2, 0.25) is 11.8 Å². The molecule has 15 heavy (non-hydrogen) atoms. The van der Waals surface area contributed by atoms with Crippen molar-refractivity contribution in [2.45, 2.75) is 38.9 Å². The molecule has 0 amide bonds. The SMILES string of the molecule is CCc1nnc(COC2CCCNC2)o1. The third-order valence-corrected chi connectivity index (χ3v) is 2.51. The highest BCUT2D eigenvalue weighted by molar-refractivity contribution is 4.79. The monoisotopic (exact) mass is 211 g/mol. The van der Waals surface area contributed by atoms with E-state index in [1.165, 1.54) is 6.42 Å².